The molecule has 2 nitrogen and oxygen atoms in total. The Morgan fingerprint density at radius 1 is 1.44 bits per heavy atom. The molecule has 0 spiro atoms. The average molecular weight is 282 g/mol. The minimum absolute atomic E-state index is 0.00433. The Morgan fingerprint density at radius 2 is 2.17 bits per heavy atom. The summed E-state index contributed by atoms with van der Waals surface area (Å²) in [6, 6.07) is 5.86. The summed E-state index contributed by atoms with van der Waals surface area (Å²) in [5, 5.41) is 1.66. The number of carbonyl (C=O) groups excluding carboxylic acids is 1. The molecule has 4 heteroatoms. The second-order valence-electron chi connectivity index (χ2n) is 4.83. The Kier molecular flexibility index (Phi) is 4.13. The van der Waals surface area contributed by atoms with Gasteiger partial charge in [0.25, 0.3) is 5.91 Å². The van der Waals surface area contributed by atoms with Crippen LogP contribution in [0.25, 0.3) is 0 Å². The molecule has 1 heterocycles. The number of benzene rings is 1. The first-order valence-electron chi connectivity index (χ1n) is 6.01. The maximum atomic E-state index is 11.7. The fraction of sp³-hybridized carbons (Fsp3) is 0.429. The van der Waals surface area contributed by atoms with Gasteiger partial charge in [-0.25, -0.2) is 4.99 Å². The molecule has 0 aromatic heterocycles. The minimum Gasteiger partial charge on any atom is -0.271 e. The molecule has 1 aliphatic rings. The molecule has 96 valence electrons. The van der Waals surface area contributed by atoms with Crippen molar-refractivity contribution in [2.75, 3.05) is 0 Å². The van der Waals surface area contributed by atoms with E-state index in [0.717, 1.165) is 21.2 Å². The van der Waals surface area contributed by atoms with Crippen molar-refractivity contribution in [3.63, 3.8) is 0 Å². The lowest BCUT2D eigenvalue weighted by molar-refractivity contribution is -0.117. The molecule has 0 saturated heterocycles. The number of rotatable bonds is 3. The third kappa shape index (κ3) is 2.78. The molecule has 0 fully saturated rings. The summed E-state index contributed by atoms with van der Waals surface area (Å²) in [6.45, 7) is 6.11. The van der Waals surface area contributed by atoms with Gasteiger partial charge in [0.1, 0.15) is 0 Å². The van der Waals surface area contributed by atoms with Crippen LogP contribution in [0.1, 0.15) is 25.0 Å². The Hall–Kier alpha value is -0.800. The van der Waals surface area contributed by atoms with Gasteiger partial charge in [0.05, 0.1) is 10.3 Å². The summed E-state index contributed by atoms with van der Waals surface area (Å²) >= 11 is 7.69. The lowest BCUT2D eigenvalue weighted by atomic mass is 10.1. The van der Waals surface area contributed by atoms with Crippen molar-refractivity contribution >= 4 is 34.3 Å². The Balaban J connectivity index is 2.14. The zero-order valence-electron chi connectivity index (χ0n) is 10.7. The number of thioether (sulfide) groups is 1. The van der Waals surface area contributed by atoms with Crippen LogP contribution in [-0.4, -0.2) is 16.2 Å². The van der Waals surface area contributed by atoms with E-state index in [2.05, 4.69) is 18.8 Å². The van der Waals surface area contributed by atoms with Gasteiger partial charge in [-0.15, -0.1) is 0 Å². The van der Waals surface area contributed by atoms with E-state index in [4.69, 9.17) is 11.6 Å². The van der Waals surface area contributed by atoms with Gasteiger partial charge in [-0.05, 0) is 30.0 Å². The molecule has 2 rings (SSSR count). The van der Waals surface area contributed by atoms with Gasteiger partial charge in [-0.3, -0.25) is 4.79 Å². The van der Waals surface area contributed by atoms with E-state index in [0.29, 0.717) is 12.3 Å². The fourth-order valence-electron chi connectivity index (χ4n) is 1.92. The molecular weight excluding hydrogens is 266 g/mol. The number of nitrogens with zero attached hydrogens (tertiary/aromatic N) is 1. The van der Waals surface area contributed by atoms with Crippen LogP contribution < -0.4 is 0 Å². The highest BCUT2D eigenvalue weighted by molar-refractivity contribution is 8.15. The van der Waals surface area contributed by atoms with Gasteiger partial charge >= 0.3 is 0 Å². The van der Waals surface area contributed by atoms with E-state index < -0.39 is 0 Å². The maximum Gasteiger partial charge on any atom is 0.260 e. The highest BCUT2D eigenvalue weighted by atomic mass is 35.5. The van der Waals surface area contributed by atoms with Crippen molar-refractivity contribution in [2.24, 2.45) is 10.9 Å². The van der Waals surface area contributed by atoms with Crippen molar-refractivity contribution in [3.8, 4) is 0 Å². The third-order valence-corrected chi connectivity index (χ3v) is 4.99. The monoisotopic (exact) mass is 281 g/mol. The van der Waals surface area contributed by atoms with Crippen LogP contribution in [0.15, 0.2) is 23.2 Å². The summed E-state index contributed by atoms with van der Waals surface area (Å²) < 4.78 is 0. The molecule has 1 aromatic carbocycles. The summed E-state index contributed by atoms with van der Waals surface area (Å²) in [7, 11) is 0. The predicted molar refractivity (Wildman–Crippen MR) is 78.6 cm³/mol. The van der Waals surface area contributed by atoms with Gasteiger partial charge in [0.15, 0.2) is 0 Å². The molecule has 1 atom stereocenters. The van der Waals surface area contributed by atoms with Gasteiger partial charge in [0.2, 0.25) is 0 Å². The SMILES string of the molecule is Cc1c(Cl)cccc1CC1=NC(=O)C(C(C)C)S1. The number of halogens is 1. The maximum absolute atomic E-state index is 11.7. The van der Waals surface area contributed by atoms with Gasteiger partial charge in [-0.2, -0.15) is 0 Å². The van der Waals surface area contributed by atoms with Crippen molar-refractivity contribution in [3.05, 3.63) is 34.3 Å². The van der Waals surface area contributed by atoms with Crippen molar-refractivity contribution < 1.29 is 4.79 Å². The normalized spacial score (nSPS) is 19.5. The molecule has 18 heavy (non-hydrogen) atoms. The van der Waals surface area contributed by atoms with E-state index in [1.807, 2.05) is 25.1 Å². The average Bonchev–Trinajstić information content (AvgIpc) is 2.66. The Morgan fingerprint density at radius 3 is 2.78 bits per heavy atom. The molecule has 0 N–H and O–H groups in total. The predicted octanol–water partition coefficient (Wildman–Crippen LogP) is 3.89. The zero-order valence-corrected chi connectivity index (χ0v) is 12.3. The number of hydrogen-bond donors (Lipinski definition) is 0. The van der Waals surface area contributed by atoms with Crippen LogP contribution in [0, 0.1) is 12.8 Å². The largest absolute Gasteiger partial charge is 0.271 e. The standard InChI is InChI=1S/C14H16ClNOS/c1-8(2)13-14(17)16-12(18-13)7-10-5-4-6-11(15)9(10)3/h4-6,8,13H,7H2,1-3H3. The number of amides is 1. The molecule has 1 aliphatic heterocycles. The highest BCUT2D eigenvalue weighted by Crippen LogP contribution is 2.31. The summed E-state index contributed by atoms with van der Waals surface area (Å²) in [6.07, 6.45) is 0.700. The first kappa shape index (κ1) is 13.6. The van der Waals surface area contributed by atoms with Crippen molar-refractivity contribution in [1.29, 1.82) is 0 Å². The Labute approximate surface area is 117 Å². The first-order chi connectivity index (χ1) is 8.49. The number of hydrogen-bond acceptors (Lipinski definition) is 2. The van der Waals surface area contributed by atoms with E-state index in [1.165, 1.54) is 0 Å². The van der Waals surface area contributed by atoms with E-state index in [9.17, 15) is 4.79 Å². The molecule has 1 aromatic rings. The smallest absolute Gasteiger partial charge is 0.260 e. The van der Waals surface area contributed by atoms with Gasteiger partial charge in [0, 0.05) is 11.4 Å². The first-order valence-corrected chi connectivity index (χ1v) is 7.27. The van der Waals surface area contributed by atoms with Crippen molar-refractivity contribution in [2.45, 2.75) is 32.4 Å². The van der Waals surface area contributed by atoms with E-state index in [-0.39, 0.29) is 11.2 Å². The molecule has 0 radical (unpaired) electrons. The van der Waals surface area contributed by atoms with Gasteiger partial charge in [-0.1, -0.05) is 49.3 Å². The number of carbonyl (C=O) groups is 1. The molecule has 0 saturated carbocycles. The summed E-state index contributed by atoms with van der Waals surface area (Å²) in [4.78, 5) is 15.9. The number of aliphatic imine (C=N–C) groups is 1. The van der Waals surface area contributed by atoms with Crippen molar-refractivity contribution in [1.82, 2.24) is 0 Å². The van der Waals surface area contributed by atoms with Crippen LogP contribution in [-0.2, 0) is 11.2 Å². The summed E-state index contributed by atoms with van der Waals surface area (Å²) in [5.74, 6) is 0.328. The van der Waals surface area contributed by atoms with Crippen LogP contribution in [0.3, 0.4) is 0 Å². The quantitative estimate of drug-likeness (QED) is 0.841. The van der Waals surface area contributed by atoms with E-state index in [1.54, 1.807) is 11.8 Å². The van der Waals surface area contributed by atoms with Crippen LogP contribution in [0.2, 0.25) is 5.02 Å². The molecule has 1 amide bonds. The van der Waals surface area contributed by atoms with Crippen LogP contribution in [0.5, 0.6) is 0 Å². The second-order valence-corrected chi connectivity index (χ2v) is 6.45. The van der Waals surface area contributed by atoms with Crippen LogP contribution >= 0.6 is 23.4 Å². The molecule has 0 aliphatic carbocycles. The fourth-order valence-corrected chi connectivity index (χ4v) is 3.21. The lowest BCUT2D eigenvalue weighted by Gasteiger charge is -2.11. The second kappa shape index (κ2) is 5.45. The summed E-state index contributed by atoms with van der Waals surface area (Å²) in [5.41, 5.74) is 2.22. The molecule has 0 bridgehead atoms. The Bertz CT molecular complexity index is 511. The third-order valence-electron chi connectivity index (χ3n) is 3.07. The highest BCUT2D eigenvalue weighted by Gasteiger charge is 2.30. The minimum atomic E-state index is -0.0144. The topological polar surface area (TPSA) is 29.4 Å². The lowest BCUT2D eigenvalue weighted by Crippen LogP contribution is -2.17. The molecular formula is C14H16ClNOS. The molecule has 1 unspecified atom stereocenters. The van der Waals surface area contributed by atoms with Crippen LogP contribution in [0.4, 0.5) is 0 Å². The zero-order chi connectivity index (χ0) is 13.3. The van der Waals surface area contributed by atoms with E-state index >= 15 is 0 Å². The van der Waals surface area contributed by atoms with Gasteiger partial charge < -0.3 is 0 Å².